The van der Waals surface area contributed by atoms with Crippen molar-refractivity contribution < 1.29 is 4.79 Å². The molecular weight excluding hydrogens is 160 g/mol. The lowest BCUT2D eigenvalue weighted by atomic mass is 9.81. The van der Waals surface area contributed by atoms with Crippen molar-refractivity contribution in [1.29, 1.82) is 0 Å². The number of carbonyl (C=O) groups excluding carboxylic acids is 1. The minimum Gasteiger partial charge on any atom is -0.303 e. The van der Waals surface area contributed by atoms with Crippen LogP contribution in [0.4, 0.5) is 0 Å². The molecule has 0 amide bonds. The van der Waals surface area contributed by atoms with Crippen molar-refractivity contribution in [3.05, 3.63) is 24.8 Å². The molecule has 0 heterocycles. The van der Waals surface area contributed by atoms with Crippen LogP contribution >= 0.6 is 0 Å². The topological polar surface area (TPSA) is 17.1 Å². The number of hydrogen-bond acceptors (Lipinski definition) is 1. The fraction of sp³-hybridized carbons (Fsp3) is 0.583. The highest BCUT2D eigenvalue weighted by Gasteiger charge is 2.22. The van der Waals surface area contributed by atoms with Crippen LogP contribution in [-0.4, -0.2) is 6.29 Å². The van der Waals surface area contributed by atoms with Gasteiger partial charge >= 0.3 is 0 Å². The van der Waals surface area contributed by atoms with Crippen LogP contribution in [0.15, 0.2) is 24.8 Å². The van der Waals surface area contributed by atoms with E-state index < -0.39 is 0 Å². The van der Waals surface area contributed by atoms with Gasteiger partial charge in [0, 0.05) is 5.41 Å². The van der Waals surface area contributed by atoms with Crippen LogP contribution in [0.5, 0.6) is 0 Å². The Morgan fingerprint density at radius 2 is 2.00 bits per heavy atom. The summed E-state index contributed by atoms with van der Waals surface area (Å²) < 4.78 is 0. The summed E-state index contributed by atoms with van der Waals surface area (Å²) in [7, 11) is 0. The molecule has 0 spiro atoms. The van der Waals surface area contributed by atoms with Crippen molar-refractivity contribution in [2.24, 2.45) is 11.3 Å². The van der Waals surface area contributed by atoms with E-state index in [4.69, 9.17) is 0 Å². The summed E-state index contributed by atoms with van der Waals surface area (Å²) in [4.78, 5) is 10.7. The van der Waals surface area contributed by atoms with Crippen molar-refractivity contribution in [3.63, 3.8) is 0 Å². The number of allylic oxidation sites excluding steroid dienone is 3. The third kappa shape index (κ3) is 4.66. The van der Waals surface area contributed by atoms with Crippen molar-refractivity contribution in [3.8, 4) is 0 Å². The summed E-state index contributed by atoms with van der Waals surface area (Å²) in [5, 5.41) is 0. The van der Waals surface area contributed by atoms with Crippen LogP contribution in [-0.2, 0) is 4.79 Å². The molecule has 0 aliphatic heterocycles. The number of hydrogen-bond donors (Lipinski definition) is 0. The molecule has 0 aliphatic carbocycles. The molecule has 0 aliphatic rings. The summed E-state index contributed by atoms with van der Waals surface area (Å²) in [5.41, 5.74) is -0.245. The van der Waals surface area contributed by atoms with Gasteiger partial charge in [-0.3, -0.25) is 0 Å². The standard InChI is InChI=1S/C12H20O/c1-5-6-7-8-9-11(2)12(3,4)10-13/h5,8-11H,1,6-7H2,2-4H3. The molecule has 0 aromatic rings. The van der Waals surface area contributed by atoms with Crippen LogP contribution in [0.1, 0.15) is 33.6 Å². The lowest BCUT2D eigenvalue weighted by Crippen LogP contribution is -2.21. The summed E-state index contributed by atoms with van der Waals surface area (Å²) in [6.45, 7) is 9.64. The molecule has 0 bridgehead atoms. The van der Waals surface area contributed by atoms with Gasteiger partial charge in [0.05, 0.1) is 0 Å². The van der Waals surface area contributed by atoms with E-state index in [0.29, 0.717) is 5.92 Å². The van der Waals surface area contributed by atoms with Crippen LogP contribution in [0.3, 0.4) is 0 Å². The molecule has 13 heavy (non-hydrogen) atoms. The van der Waals surface area contributed by atoms with Gasteiger partial charge in [-0.1, -0.05) is 39.0 Å². The first-order valence-electron chi connectivity index (χ1n) is 4.78. The van der Waals surface area contributed by atoms with Gasteiger partial charge in [-0.2, -0.15) is 0 Å². The second kappa shape index (κ2) is 5.74. The highest BCUT2D eigenvalue weighted by molar-refractivity contribution is 5.58. The first kappa shape index (κ1) is 12.2. The zero-order valence-corrected chi connectivity index (χ0v) is 8.92. The van der Waals surface area contributed by atoms with Crippen molar-refractivity contribution in [2.75, 3.05) is 0 Å². The van der Waals surface area contributed by atoms with E-state index in [9.17, 15) is 4.79 Å². The van der Waals surface area contributed by atoms with Crippen molar-refractivity contribution >= 4 is 6.29 Å². The highest BCUT2D eigenvalue weighted by atomic mass is 16.1. The van der Waals surface area contributed by atoms with Gasteiger partial charge < -0.3 is 4.79 Å². The molecule has 0 radical (unpaired) electrons. The fourth-order valence-corrected chi connectivity index (χ4v) is 0.870. The second-order valence-electron chi connectivity index (χ2n) is 4.02. The second-order valence-corrected chi connectivity index (χ2v) is 4.02. The van der Waals surface area contributed by atoms with Crippen LogP contribution in [0, 0.1) is 11.3 Å². The smallest absolute Gasteiger partial charge is 0.126 e. The normalized spacial score (nSPS) is 14.4. The van der Waals surface area contributed by atoms with E-state index in [1.807, 2.05) is 19.9 Å². The maximum atomic E-state index is 10.7. The summed E-state index contributed by atoms with van der Waals surface area (Å²) >= 11 is 0. The van der Waals surface area contributed by atoms with Gasteiger partial charge in [0.1, 0.15) is 6.29 Å². The molecule has 0 aromatic carbocycles. The Kier molecular flexibility index (Phi) is 5.36. The van der Waals surface area contributed by atoms with E-state index in [1.165, 1.54) is 0 Å². The SMILES string of the molecule is C=CCCC=CC(C)C(C)(C)C=O. The van der Waals surface area contributed by atoms with Gasteiger partial charge in [-0.15, -0.1) is 6.58 Å². The first-order valence-corrected chi connectivity index (χ1v) is 4.78. The largest absolute Gasteiger partial charge is 0.303 e. The van der Waals surface area contributed by atoms with E-state index in [0.717, 1.165) is 19.1 Å². The first-order chi connectivity index (χ1) is 6.04. The van der Waals surface area contributed by atoms with Gasteiger partial charge in [0.15, 0.2) is 0 Å². The molecule has 0 saturated heterocycles. The van der Waals surface area contributed by atoms with Crippen LogP contribution in [0.2, 0.25) is 0 Å². The maximum Gasteiger partial charge on any atom is 0.126 e. The third-order valence-corrected chi connectivity index (χ3v) is 2.44. The lowest BCUT2D eigenvalue weighted by Gasteiger charge is -2.22. The Morgan fingerprint density at radius 3 is 2.46 bits per heavy atom. The van der Waals surface area contributed by atoms with Crippen molar-refractivity contribution in [1.82, 2.24) is 0 Å². The molecule has 0 fully saturated rings. The Labute approximate surface area is 81.5 Å². The predicted molar refractivity (Wildman–Crippen MR) is 57.6 cm³/mol. The maximum absolute atomic E-state index is 10.7. The van der Waals surface area contributed by atoms with Crippen LogP contribution < -0.4 is 0 Å². The fourth-order valence-electron chi connectivity index (χ4n) is 0.870. The Morgan fingerprint density at radius 1 is 1.38 bits per heavy atom. The van der Waals surface area contributed by atoms with Crippen molar-refractivity contribution in [2.45, 2.75) is 33.6 Å². The molecule has 0 saturated carbocycles. The number of aldehydes is 1. The highest BCUT2D eigenvalue weighted by Crippen LogP contribution is 2.24. The predicted octanol–water partition coefficient (Wildman–Crippen LogP) is 3.37. The summed E-state index contributed by atoms with van der Waals surface area (Å²) in [6.07, 6.45) is 9.18. The van der Waals surface area contributed by atoms with E-state index in [2.05, 4.69) is 25.7 Å². The van der Waals surface area contributed by atoms with Gasteiger partial charge in [0.25, 0.3) is 0 Å². The number of unbranched alkanes of at least 4 members (excludes halogenated alkanes) is 1. The van der Waals surface area contributed by atoms with Crippen LogP contribution in [0.25, 0.3) is 0 Å². The van der Waals surface area contributed by atoms with Gasteiger partial charge in [-0.25, -0.2) is 0 Å². The quantitative estimate of drug-likeness (QED) is 0.348. The number of carbonyl (C=O) groups is 1. The van der Waals surface area contributed by atoms with E-state index >= 15 is 0 Å². The minimum atomic E-state index is -0.245. The molecule has 0 rings (SSSR count). The Hall–Kier alpha value is -0.850. The molecule has 0 aromatic heterocycles. The average molecular weight is 180 g/mol. The Balaban J connectivity index is 3.98. The Bertz CT molecular complexity index is 189. The minimum absolute atomic E-state index is 0.245. The molecule has 1 unspecified atom stereocenters. The van der Waals surface area contributed by atoms with Gasteiger partial charge in [0.2, 0.25) is 0 Å². The monoisotopic (exact) mass is 180 g/mol. The van der Waals surface area contributed by atoms with E-state index in [1.54, 1.807) is 0 Å². The van der Waals surface area contributed by atoms with E-state index in [-0.39, 0.29) is 5.41 Å². The molecular formula is C12H20O. The number of rotatable bonds is 6. The molecule has 1 atom stereocenters. The average Bonchev–Trinajstić information content (AvgIpc) is 2.12. The molecule has 74 valence electrons. The zero-order valence-electron chi connectivity index (χ0n) is 8.92. The van der Waals surface area contributed by atoms with Gasteiger partial charge in [-0.05, 0) is 18.8 Å². The molecule has 1 nitrogen and oxygen atoms in total. The summed E-state index contributed by atoms with van der Waals surface area (Å²) in [6, 6.07) is 0. The third-order valence-electron chi connectivity index (χ3n) is 2.44. The molecule has 1 heteroatoms. The zero-order chi connectivity index (χ0) is 10.3. The summed E-state index contributed by atoms with van der Waals surface area (Å²) in [5.74, 6) is 0.301. The molecule has 0 N–H and O–H groups in total. The lowest BCUT2D eigenvalue weighted by molar-refractivity contribution is -0.116.